The van der Waals surface area contributed by atoms with E-state index >= 15 is 0 Å². The summed E-state index contributed by atoms with van der Waals surface area (Å²) < 4.78 is 5.17. The molecule has 2 N–H and O–H groups in total. The van der Waals surface area contributed by atoms with E-state index in [9.17, 15) is 10.2 Å². The van der Waals surface area contributed by atoms with Crippen molar-refractivity contribution in [2.24, 2.45) is 0 Å². The molecule has 1 aromatic rings. The second-order valence-corrected chi connectivity index (χ2v) is 5.09. The first-order valence-electron chi connectivity index (χ1n) is 7.20. The van der Waals surface area contributed by atoms with E-state index in [2.05, 4.69) is 6.92 Å². The van der Waals surface area contributed by atoms with Gasteiger partial charge in [-0.3, -0.25) is 0 Å². The first-order chi connectivity index (χ1) is 9.11. The molecule has 1 aromatic carbocycles. The maximum absolute atomic E-state index is 10.1. The third-order valence-corrected chi connectivity index (χ3v) is 3.51. The van der Waals surface area contributed by atoms with Gasteiger partial charge in [0, 0.05) is 5.56 Å². The Morgan fingerprint density at radius 2 is 1.68 bits per heavy atom. The van der Waals surface area contributed by atoms with E-state index < -0.39 is 0 Å². The molecule has 0 spiro atoms. The van der Waals surface area contributed by atoms with Gasteiger partial charge in [-0.25, -0.2) is 0 Å². The fourth-order valence-electron chi connectivity index (χ4n) is 2.39. The average Bonchev–Trinajstić information content (AvgIpc) is 2.37. The van der Waals surface area contributed by atoms with E-state index in [1.807, 2.05) is 6.92 Å². The van der Waals surface area contributed by atoms with E-state index in [4.69, 9.17) is 4.74 Å². The molecule has 0 radical (unpaired) electrons. The van der Waals surface area contributed by atoms with Gasteiger partial charge in [0.15, 0.2) is 11.5 Å². The predicted octanol–water partition coefficient (Wildman–Crippen LogP) is 4.32. The van der Waals surface area contributed by atoms with Crippen molar-refractivity contribution in [1.29, 1.82) is 0 Å². The number of ether oxygens (including phenoxy) is 1. The smallest absolute Gasteiger partial charge is 0.164 e. The summed E-state index contributed by atoms with van der Waals surface area (Å²) in [6, 6.07) is 1.66. The number of aromatic hydroxyl groups is 2. The van der Waals surface area contributed by atoms with Crippen molar-refractivity contribution in [3.63, 3.8) is 0 Å². The molecule has 0 saturated heterocycles. The Morgan fingerprint density at radius 3 is 2.32 bits per heavy atom. The minimum Gasteiger partial charge on any atom is -0.508 e. The average molecular weight is 266 g/mol. The summed E-state index contributed by atoms with van der Waals surface area (Å²) in [5.74, 6) is 0.733. The molecule has 0 aliphatic carbocycles. The molecule has 0 aromatic heterocycles. The zero-order valence-corrected chi connectivity index (χ0v) is 12.3. The zero-order valence-electron chi connectivity index (χ0n) is 12.3. The SMILES string of the molecule is CCCCCCCCc1c(O)cc(C)c(OC)c1O. The fourth-order valence-corrected chi connectivity index (χ4v) is 2.39. The van der Waals surface area contributed by atoms with Crippen molar-refractivity contribution >= 4 is 0 Å². The van der Waals surface area contributed by atoms with Crippen molar-refractivity contribution < 1.29 is 14.9 Å². The lowest BCUT2D eigenvalue weighted by Crippen LogP contribution is -1.94. The van der Waals surface area contributed by atoms with Crippen molar-refractivity contribution in [2.45, 2.75) is 58.8 Å². The minimum absolute atomic E-state index is 0.0913. The Hall–Kier alpha value is -1.38. The third-order valence-electron chi connectivity index (χ3n) is 3.51. The van der Waals surface area contributed by atoms with Crippen LogP contribution in [-0.2, 0) is 6.42 Å². The topological polar surface area (TPSA) is 49.7 Å². The van der Waals surface area contributed by atoms with Gasteiger partial charge < -0.3 is 14.9 Å². The van der Waals surface area contributed by atoms with Crippen LogP contribution in [0.4, 0.5) is 0 Å². The summed E-state index contributed by atoms with van der Waals surface area (Å²) in [4.78, 5) is 0. The summed E-state index contributed by atoms with van der Waals surface area (Å²) in [5.41, 5.74) is 1.36. The number of hydrogen-bond donors (Lipinski definition) is 2. The quantitative estimate of drug-likeness (QED) is 0.689. The van der Waals surface area contributed by atoms with Gasteiger partial charge in [0.25, 0.3) is 0 Å². The molecular formula is C16H26O3. The first kappa shape index (κ1) is 15.7. The molecule has 0 amide bonds. The highest BCUT2D eigenvalue weighted by molar-refractivity contribution is 5.56. The summed E-state index contributed by atoms with van der Waals surface area (Å²) in [7, 11) is 1.54. The molecule has 0 unspecified atom stereocenters. The van der Waals surface area contributed by atoms with Gasteiger partial charge in [-0.15, -0.1) is 0 Å². The number of benzene rings is 1. The Labute approximate surface area is 116 Å². The van der Waals surface area contributed by atoms with Crippen LogP contribution in [0.25, 0.3) is 0 Å². The summed E-state index contributed by atoms with van der Waals surface area (Å²) in [6.45, 7) is 4.02. The monoisotopic (exact) mass is 266 g/mol. The van der Waals surface area contributed by atoms with Gasteiger partial charge in [0.1, 0.15) is 5.75 Å². The zero-order chi connectivity index (χ0) is 14.3. The highest BCUT2D eigenvalue weighted by atomic mass is 16.5. The normalized spacial score (nSPS) is 10.7. The number of methoxy groups -OCH3 is 1. The number of aryl methyl sites for hydroxylation is 1. The second-order valence-electron chi connectivity index (χ2n) is 5.09. The van der Waals surface area contributed by atoms with Crippen LogP contribution in [0, 0.1) is 6.92 Å². The van der Waals surface area contributed by atoms with Gasteiger partial charge in [-0.1, -0.05) is 39.0 Å². The molecular weight excluding hydrogens is 240 g/mol. The molecule has 1 rings (SSSR count). The van der Waals surface area contributed by atoms with Crippen LogP contribution in [0.2, 0.25) is 0 Å². The van der Waals surface area contributed by atoms with Gasteiger partial charge in [0.2, 0.25) is 0 Å². The molecule has 3 nitrogen and oxygen atoms in total. The first-order valence-corrected chi connectivity index (χ1v) is 7.20. The van der Waals surface area contributed by atoms with Crippen LogP contribution in [0.1, 0.15) is 56.6 Å². The van der Waals surface area contributed by atoms with E-state index in [0.29, 0.717) is 17.7 Å². The van der Waals surface area contributed by atoms with E-state index in [0.717, 1.165) is 18.4 Å². The minimum atomic E-state index is 0.0913. The highest BCUT2D eigenvalue weighted by Crippen LogP contribution is 2.39. The molecule has 0 saturated carbocycles. The maximum Gasteiger partial charge on any atom is 0.164 e. The molecule has 3 heteroatoms. The molecule has 108 valence electrons. The predicted molar refractivity (Wildman–Crippen MR) is 78.1 cm³/mol. The van der Waals surface area contributed by atoms with Gasteiger partial charge in [-0.05, 0) is 31.4 Å². The van der Waals surface area contributed by atoms with Crippen molar-refractivity contribution in [1.82, 2.24) is 0 Å². The van der Waals surface area contributed by atoms with E-state index in [1.165, 1.54) is 32.8 Å². The van der Waals surface area contributed by atoms with Crippen LogP contribution < -0.4 is 4.74 Å². The van der Waals surface area contributed by atoms with Crippen LogP contribution in [0.3, 0.4) is 0 Å². The molecule has 19 heavy (non-hydrogen) atoms. The number of phenolic OH excluding ortho intramolecular Hbond substituents is 2. The van der Waals surface area contributed by atoms with E-state index in [-0.39, 0.29) is 11.5 Å². The van der Waals surface area contributed by atoms with Crippen LogP contribution in [-0.4, -0.2) is 17.3 Å². The van der Waals surface area contributed by atoms with Crippen molar-refractivity contribution in [2.75, 3.05) is 7.11 Å². The Balaban J connectivity index is 2.58. The highest BCUT2D eigenvalue weighted by Gasteiger charge is 2.15. The number of rotatable bonds is 8. The van der Waals surface area contributed by atoms with Gasteiger partial charge >= 0.3 is 0 Å². The second kappa shape index (κ2) is 7.93. The van der Waals surface area contributed by atoms with Gasteiger partial charge in [0.05, 0.1) is 7.11 Å². The van der Waals surface area contributed by atoms with E-state index in [1.54, 1.807) is 6.07 Å². The Bertz CT molecular complexity index is 399. The summed E-state index contributed by atoms with van der Waals surface area (Å²) in [6.07, 6.45) is 7.84. The standard InChI is InChI=1S/C16H26O3/c1-4-5-6-7-8-9-10-13-14(17)11-12(2)16(19-3)15(13)18/h11,17-18H,4-10H2,1-3H3. The largest absolute Gasteiger partial charge is 0.508 e. The maximum atomic E-state index is 10.1. The molecule has 0 fully saturated rings. The lowest BCUT2D eigenvalue weighted by atomic mass is 10.0. The Kier molecular flexibility index (Phi) is 6.54. The molecule has 0 atom stereocenters. The molecule has 0 aliphatic rings. The Morgan fingerprint density at radius 1 is 1.05 bits per heavy atom. The number of phenols is 2. The van der Waals surface area contributed by atoms with Crippen molar-refractivity contribution in [3.8, 4) is 17.2 Å². The van der Waals surface area contributed by atoms with Crippen molar-refractivity contribution in [3.05, 3.63) is 17.2 Å². The lowest BCUT2D eigenvalue weighted by Gasteiger charge is -2.13. The van der Waals surface area contributed by atoms with Crippen LogP contribution in [0.15, 0.2) is 6.07 Å². The molecule has 0 bridgehead atoms. The number of hydrogen-bond acceptors (Lipinski definition) is 3. The van der Waals surface area contributed by atoms with Crippen LogP contribution >= 0.6 is 0 Å². The third kappa shape index (κ3) is 4.34. The number of unbranched alkanes of at least 4 members (excludes halogenated alkanes) is 5. The van der Waals surface area contributed by atoms with Crippen LogP contribution in [0.5, 0.6) is 17.2 Å². The summed E-state index contributed by atoms with van der Waals surface area (Å²) in [5, 5.41) is 20.0. The molecule has 0 aliphatic heterocycles. The fraction of sp³-hybridized carbons (Fsp3) is 0.625. The summed E-state index contributed by atoms with van der Waals surface area (Å²) >= 11 is 0. The lowest BCUT2D eigenvalue weighted by molar-refractivity contribution is 0.362. The molecule has 0 heterocycles. The van der Waals surface area contributed by atoms with Gasteiger partial charge in [-0.2, -0.15) is 0 Å².